The van der Waals surface area contributed by atoms with Gasteiger partial charge in [-0.05, 0) is 111 Å². The van der Waals surface area contributed by atoms with Crippen LogP contribution in [0.4, 0.5) is 17.1 Å². The van der Waals surface area contributed by atoms with E-state index in [1.165, 1.54) is 17.1 Å². The Morgan fingerprint density at radius 2 is 1.69 bits per heavy atom. The third-order valence-electron chi connectivity index (χ3n) is 8.41. The van der Waals surface area contributed by atoms with Gasteiger partial charge in [-0.1, -0.05) is 30.7 Å². The van der Waals surface area contributed by atoms with Crippen molar-refractivity contribution in [3.8, 4) is 5.69 Å². The lowest BCUT2D eigenvalue weighted by molar-refractivity contribution is -0.135. The van der Waals surface area contributed by atoms with Crippen molar-refractivity contribution in [3.63, 3.8) is 0 Å². The number of benzene rings is 3. The van der Waals surface area contributed by atoms with E-state index >= 15 is 0 Å². The molecule has 272 valence electrons. The third-order valence-corrected chi connectivity index (χ3v) is 8.65. The number of rotatable bonds is 13. The zero-order valence-corrected chi connectivity index (χ0v) is 30.2. The van der Waals surface area contributed by atoms with E-state index in [1.807, 2.05) is 31.2 Å². The van der Waals surface area contributed by atoms with Gasteiger partial charge < -0.3 is 20.3 Å². The zero-order chi connectivity index (χ0) is 37.4. The van der Waals surface area contributed by atoms with Gasteiger partial charge in [-0.3, -0.25) is 24.1 Å². The highest BCUT2D eigenvalue weighted by Gasteiger charge is 2.26. The minimum Gasteiger partial charge on any atom is -0.456 e. The first-order valence-corrected chi connectivity index (χ1v) is 17.3. The number of ether oxygens (including phenoxy) is 1. The number of amides is 3. The number of likely N-dealkylation sites (N-methyl/N-ethyl adjacent to an activating group) is 1. The van der Waals surface area contributed by atoms with E-state index in [0.29, 0.717) is 35.1 Å². The largest absolute Gasteiger partial charge is 0.456 e. The summed E-state index contributed by atoms with van der Waals surface area (Å²) in [6.45, 7) is 9.89. The average molecular weight is 729 g/mol. The molecule has 5 rings (SSSR count). The quantitative estimate of drug-likeness (QED) is 0.145. The number of hydrogen-bond donors (Lipinski definition) is 2. The van der Waals surface area contributed by atoms with Gasteiger partial charge in [-0.2, -0.15) is 4.68 Å². The Labute approximate surface area is 306 Å². The van der Waals surface area contributed by atoms with Gasteiger partial charge in [-0.25, -0.2) is 4.79 Å². The van der Waals surface area contributed by atoms with Crippen molar-refractivity contribution in [2.24, 2.45) is 5.92 Å². The third kappa shape index (κ3) is 10.1. The number of carbonyl (C=O) groups excluding carboxylic acids is 5. The maximum absolute atomic E-state index is 13.7. The first kappa shape index (κ1) is 37.8. The molecule has 3 aromatic carbocycles. The second kappa shape index (κ2) is 16.7. The molecule has 0 aliphatic carbocycles. The number of Topliss-reactive ketones (excluding diaryl/α,β-unsaturated/α-hetero) is 1. The van der Waals surface area contributed by atoms with Crippen molar-refractivity contribution < 1.29 is 28.7 Å². The summed E-state index contributed by atoms with van der Waals surface area (Å²) in [6, 6.07) is 18.4. The molecule has 0 unspecified atom stereocenters. The molecule has 1 atom stereocenters. The first-order chi connectivity index (χ1) is 24.8. The summed E-state index contributed by atoms with van der Waals surface area (Å²) in [5.74, 6) is -3.17. The van der Waals surface area contributed by atoms with Crippen LogP contribution < -0.4 is 15.5 Å². The fourth-order valence-corrected chi connectivity index (χ4v) is 5.82. The number of halogens is 1. The van der Waals surface area contributed by atoms with Gasteiger partial charge >= 0.3 is 5.97 Å². The minimum atomic E-state index is -0.884. The lowest BCUT2D eigenvalue weighted by Crippen LogP contribution is -2.50. The van der Waals surface area contributed by atoms with E-state index in [1.54, 1.807) is 62.1 Å². The van der Waals surface area contributed by atoms with Crippen LogP contribution >= 0.6 is 11.6 Å². The second-order valence-electron chi connectivity index (χ2n) is 13.4. The molecule has 1 aliphatic heterocycles. The van der Waals surface area contributed by atoms with Gasteiger partial charge in [0.2, 0.25) is 17.6 Å². The van der Waals surface area contributed by atoms with Crippen molar-refractivity contribution in [3.05, 3.63) is 89.2 Å². The molecule has 52 heavy (non-hydrogen) atoms. The number of hydrogen-bond acceptors (Lipinski definition) is 10. The van der Waals surface area contributed by atoms with Crippen LogP contribution in [0.3, 0.4) is 0 Å². The fourth-order valence-electron chi connectivity index (χ4n) is 5.65. The summed E-state index contributed by atoms with van der Waals surface area (Å²) in [7, 11) is 0. The molecule has 15 heteroatoms. The van der Waals surface area contributed by atoms with Gasteiger partial charge in [0.05, 0.1) is 23.5 Å². The van der Waals surface area contributed by atoms with E-state index < -0.39 is 29.2 Å². The molecule has 0 radical (unpaired) electrons. The van der Waals surface area contributed by atoms with Crippen LogP contribution in [0.2, 0.25) is 5.02 Å². The number of piperazine rings is 1. The van der Waals surface area contributed by atoms with Gasteiger partial charge in [0.15, 0.2) is 0 Å². The van der Waals surface area contributed by atoms with Crippen molar-refractivity contribution >= 4 is 58.1 Å². The number of ketones is 1. The normalized spacial score (nSPS) is 14.1. The van der Waals surface area contributed by atoms with Gasteiger partial charge in [-0.15, -0.1) is 5.10 Å². The lowest BCUT2D eigenvalue weighted by Gasteiger charge is -2.33. The van der Waals surface area contributed by atoms with Gasteiger partial charge in [0, 0.05) is 41.8 Å². The summed E-state index contributed by atoms with van der Waals surface area (Å²) >= 11 is 6.16. The molecule has 1 fully saturated rings. The molecule has 0 saturated carbocycles. The van der Waals surface area contributed by atoms with Crippen LogP contribution in [0.5, 0.6) is 0 Å². The molecule has 4 aromatic rings. The topological polar surface area (TPSA) is 169 Å². The lowest BCUT2D eigenvalue weighted by atomic mass is 9.92. The van der Waals surface area contributed by atoms with Crippen LogP contribution in [0.1, 0.15) is 56.5 Å². The van der Waals surface area contributed by atoms with E-state index in [-0.39, 0.29) is 36.8 Å². The standard InChI is InChI=1S/C37H41ClN8O6/c1-5-44-18-19-45(33(48)22-44)29-14-6-24(7-15-29)20-26(34(49)40-28-12-8-25(9-13-28)36(51)52-37(2,3)4)10-17-32(47)35(50)41-30-21-27(38)11-16-31(30)46-23-39-42-43-46/h6-9,11-16,21,23,26H,5,10,17-20,22H2,1-4H3,(H,40,49)(H,41,50)/t26-/m0/s1. The number of esters is 1. The van der Waals surface area contributed by atoms with E-state index in [0.717, 1.165) is 24.3 Å². The number of nitrogens with one attached hydrogen (secondary N) is 2. The van der Waals surface area contributed by atoms with Crippen LogP contribution in [0.25, 0.3) is 5.69 Å². The number of anilines is 3. The van der Waals surface area contributed by atoms with Crippen LogP contribution in [-0.4, -0.2) is 86.4 Å². The highest BCUT2D eigenvalue weighted by molar-refractivity contribution is 6.41. The second-order valence-corrected chi connectivity index (χ2v) is 13.8. The van der Waals surface area contributed by atoms with Crippen LogP contribution in [0.15, 0.2) is 73.1 Å². The number of nitrogens with zero attached hydrogens (tertiary/aromatic N) is 6. The van der Waals surface area contributed by atoms with E-state index in [4.69, 9.17) is 16.3 Å². The minimum absolute atomic E-state index is 0.0235. The van der Waals surface area contributed by atoms with E-state index in [2.05, 4.69) is 31.1 Å². The monoisotopic (exact) mass is 728 g/mol. The summed E-state index contributed by atoms with van der Waals surface area (Å²) in [4.78, 5) is 69.0. The summed E-state index contributed by atoms with van der Waals surface area (Å²) in [6.07, 6.45) is 1.43. The number of carbonyl (C=O) groups is 5. The molecular formula is C37H41ClN8O6. The Kier molecular flexibility index (Phi) is 12.1. The molecule has 1 saturated heterocycles. The summed E-state index contributed by atoms with van der Waals surface area (Å²) in [5, 5.41) is 16.9. The fraction of sp³-hybridized carbons (Fsp3) is 0.351. The summed E-state index contributed by atoms with van der Waals surface area (Å²) < 4.78 is 6.75. The molecule has 2 heterocycles. The molecule has 3 amide bonds. The van der Waals surface area contributed by atoms with E-state index in [9.17, 15) is 24.0 Å². The molecule has 0 bridgehead atoms. The molecule has 0 spiro atoms. The smallest absolute Gasteiger partial charge is 0.338 e. The predicted molar refractivity (Wildman–Crippen MR) is 195 cm³/mol. The van der Waals surface area contributed by atoms with Gasteiger partial charge in [0.25, 0.3) is 5.91 Å². The highest BCUT2D eigenvalue weighted by Crippen LogP contribution is 2.26. The van der Waals surface area contributed by atoms with Crippen LogP contribution in [-0.2, 0) is 30.3 Å². The molecule has 1 aromatic heterocycles. The Bertz CT molecular complexity index is 1910. The first-order valence-electron chi connectivity index (χ1n) is 16.9. The van der Waals surface area contributed by atoms with Crippen molar-refractivity contribution in [2.75, 3.05) is 41.7 Å². The molecule has 2 N–H and O–H groups in total. The molecule has 14 nitrogen and oxygen atoms in total. The van der Waals surface area contributed by atoms with Crippen molar-refractivity contribution in [1.82, 2.24) is 25.1 Å². The maximum atomic E-state index is 13.7. The number of aromatic nitrogens is 4. The zero-order valence-electron chi connectivity index (χ0n) is 29.5. The Morgan fingerprint density at radius 1 is 0.962 bits per heavy atom. The number of tetrazole rings is 1. The predicted octanol–water partition coefficient (Wildman–Crippen LogP) is 4.72. The SMILES string of the molecule is CCN1CCN(c2ccc(C[C@H](CCC(=O)C(=O)Nc3cc(Cl)ccc3-n3cnnn3)C(=O)Nc3ccc(C(=O)OC(C)(C)C)cc3)cc2)C(=O)C1. The Hall–Kier alpha value is -5.47. The Balaban J connectivity index is 1.29. The molecular weight excluding hydrogens is 688 g/mol. The van der Waals surface area contributed by atoms with Crippen LogP contribution in [0, 0.1) is 5.92 Å². The average Bonchev–Trinajstić information content (AvgIpc) is 3.65. The maximum Gasteiger partial charge on any atom is 0.338 e. The molecule has 1 aliphatic rings. The Morgan fingerprint density at radius 3 is 2.33 bits per heavy atom. The van der Waals surface area contributed by atoms with Crippen molar-refractivity contribution in [1.29, 1.82) is 0 Å². The van der Waals surface area contributed by atoms with Gasteiger partial charge in [0.1, 0.15) is 11.9 Å². The van der Waals surface area contributed by atoms with Crippen molar-refractivity contribution in [2.45, 2.75) is 52.6 Å². The highest BCUT2D eigenvalue weighted by atomic mass is 35.5. The summed E-state index contributed by atoms with van der Waals surface area (Å²) in [5.41, 5.74) is 2.34.